The highest BCUT2D eigenvalue weighted by molar-refractivity contribution is 9.10. The molecule has 0 spiro atoms. The molecule has 0 saturated heterocycles. The van der Waals surface area contributed by atoms with Crippen molar-refractivity contribution in [3.63, 3.8) is 0 Å². The Bertz CT molecular complexity index is 1320. The number of nitriles is 1. The molecule has 0 amide bonds. The molecule has 190 valence electrons. The molecule has 0 radical (unpaired) electrons. The van der Waals surface area contributed by atoms with Gasteiger partial charge >= 0.3 is 0 Å². The van der Waals surface area contributed by atoms with Gasteiger partial charge in [-0.2, -0.15) is 5.26 Å². The molecule has 2 heterocycles. The van der Waals surface area contributed by atoms with E-state index in [9.17, 15) is 5.26 Å². The lowest BCUT2D eigenvalue weighted by Gasteiger charge is -2.28. The predicted molar refractivity (Wildman–Crippen MR) is 146 cm³/mol. The van der Waals surface area contributed by atoms with Gasteiger partial charge in [0.25, 0.3) is 0 Å². The number of nitrogens with zero attached hydrogens (tertiary/aromatic N) is 3. The number of fused-ring (bicyclic) bond motifs is 3. The SMILES string of the molecule is CCOc1cc(C2C(C#N)=C(N)Oc3c2ccc2c3ccn2CCN(CC)CC)cc(Br)c1OCC. The second kappa shape index (κ2) is 11.3. The van der Waals surface area contributed by atoms with Crippen LogP contribution in [0.1, 0.15) is 44.7 Å². The topological polar surface area (TPSA) is 85.7 Å². The quantitative estimate of drug-likeness (QED) is 0.344. The molecule has 1 unspecified atom stereocenters. The average molecular weight is 554 g/mol. The largest absolute Gasteiger partial charge is 0.490 e. The van der Waals surface area contributed by atoms with Gasteiger partial charge in [0.15, 0.2) is 11.5 Å². The van der Waals surface area contributed by atoms with Crippen LogP contribution in [0.3, 0.4) is 0 Å². The number of ether oxygens (including phenoxy) is 3. The van der Waals surface area contributed by atoms with E-state index in [1.54, 1.807) is 0 Å². The summed E-state index contributed by atoms with van der Waals surface area (Å²) in [7, 11) is 0. The minimum atomic E-state index is -0.395. The second-order valence-electron chi connectivity index (χ2n) is 8.57. The van der Waals surface area contributed by atoms with Gasteiger partial charge in [0, 0.05) is 30.2 Å². The van der Waals surface area contributed by atoms with Gasteiger partial charge in [-0.05, 0) is 72.7 Å². The van der Waals surface area contributed by atoms with Crippen LogP contribution in [-0.2, 0) is 6.54 Å². The van der Waals surface area contributed by atoms with Gasteiger partial charge in [0.05, 0.1) is 29.1 Å². The Hall–Kier alpha value is -3.15. The molecule has 8 heteroatoms. The number of nitrogens with two attached hydrogens (primary N) is 1. The third kappa shape index (κ3) is 4.78. The van der Waals surface area contributed by atoms with E-state index in [0.29, 0.717) is 36.0 Å². The average Bonchev–Trinajstić information content (AvgIpc) is 3.29. The molecule has 36 heavy (non-hydrogen) atoms. The number of allylic oxidation sites excluding steroid dienone is 1. The van der Waals surface area contributed by atoms with E-state index in [0.717, 1.165) is 52.7 Å². The number of likely N-dealkylation sites (N-methyl/N-ethyl adjacent to an activating group) is 1. The third-order valence-electron chi connectivity index (χ3n) is 6.64. The smallest absolute Gasteiger partial charge is 0.205 e. The van der Waals surface area contributed by atoms with Crippen molar-refractivity contribution in [1.29, 1.82) is 5.26 Å². The van der Waals surface area contributed by atoms with Crippen molar-refractivity contribution >= 4 is 26.8 Å². The highest BCUT2D eigenvalue weighted by atomic mass is 79.9. The molecule has 0 saturated carbocycles. The van der Waals surface area contributed by atoms with E-state index in [-0.39, 0.29) is 5.88 Å². The van der Waals surface area contributed by atoms with Gasteiger partial charge in [-0.3, -0.25) is 0 Å². The van der Waals surface area contributed by atoms with Crippen LogP contribution in [0.4, 0.5) is 0 Å². The Kier molecular flexibility index (Phi) is 8.12. The second-order valence-corrected chi connectivity index (χ2v) is 9.43. The van der Waals surface area contributed by atoms with Gasteiger partial charge in [-0.25, -0.2) is 0 Å². The molecule has 2 N–H and O–H groups in total. The number of benzene rings is 2. The molecule has 0 aliphatic carbocycles. The maximum Gasteiger partial charge on any atom is 0.205 e. The summed E-state index contributed by atoms with van der Waals surface area (Å²) >= 11 is 3.64. The van der Waals surface area contributed by atoms with Crippen LogP contribution >= 0.6 is 15.9 Å². The summed E-state index contributed by atoms with van der Waals surface area (Å²) in [5.41, 5.74) is 9.56. The lowest BCUT2D eigenvalue weighted by Crippen LogP contribution is -2.26. The van der Waals surface area contributed by atoms with Crippen LogP contribution < -0.4 is 19.9 Å². The van der Waals surface area contributed by atoms with Gasteiger partial charge < -0.3 is 29.4 Å². The first-order chi connectivity index (χ1) is 17.5. The predicted octanol–water partition coefficient (Wildman–Crippen LogP) is 5.76. The van der Waals surface area contributed by atoms with Crippen molar-refractivity contribution in [2.24, 2.45) is 5.73 Å². The number of rotatable bonds is 10. The van der Waals surface area contributed by atoms with Crippen LogP contribution in [0.25, 0.3) is 10.9 Å². The zero-order valence-corrected chi connectivity index (χ0v) is 22.9. The van der Waals surface area contributed by atoms with E-state index in [2.05, 4.69) is 63.6 Å². The Morgan fingerprint density at radius 1 is 1.11 bits per heavy atom. The molecular formula is C28H33BrN4O3. The summed E-state index contributed by atoms with van der Waals surface area (Å²) in [6.45, 7) is 13.1. The Labute approximate surface area is 221 Å². The van der Waals surface area contributed by atoms with Gasteiger partial charge in [-0.15, -0.1) is 0 Å². The first-order valence-electron chi connectivity index (χ1n) is 12.5. The van der Waals surface area contributed by atoms with Gasteiger partial charge in [0.2, 0.25) is 5.88 Å². The molecule has 1 atom stereocenters. The summed E-state index contributed by atoms with van der Waals surface area (Å²) in [6.07, 6.45) is 2.09. The third-order valence-corrected chi connectivity index (χ3v) is 7.23. The van der Waals surface area contributed by atoms with Crippen molar-refractivity contribution in [1.82, 2.24) is 9.47 Å². The molecule has 1 aromatic heterocycles. The monoisotopic (exact) mass is 552 g/mol. The maximum absolute atomic E-state index is 10.0. The first-order valence-corrected chi connectivity index (χ1v) is 13.3. The highest BCUT2D eigenvalue weighted by Gasteiger charge is 2.33. The molecule has 3 aromatic rings. The molecule has 4 rings (SSSR count). The number of hydrogen-bond donors (Lipinski definition) is 1. The van der Waals surface area contributed by atoms with Crippen LogP contribution in [0.5, 0.6) is 17.2 Å². The molecule has 1 aliphatic rings. The molecule has 0 bridgehead atoms. The van der Waals surface area contributed by atoms with Crippen molar-refractivity contribution < 1.29 is 14.2 Å². The fraction of sp³-hybridized carbons (Fsp3) is 0.393. The molecule has 7 nitrogen and oxygen atoms in total. The van der Waals surface area contributed by atoms with Crippen molar-refractivity contribution in [3.05, 3.63) is 63.6 Å². The molecular weight excluding hydrogens is 520 g/mol. The minimum absolute atomic E-state index is 0.126. The lowest BCUT2D eigenvalue weighted by molar-refractivity contribution is 0.286. The fourth-order valence-corrected chi connectivity index (χ4v) is 5.39. The summed E-state index contributed by atoms with van der Waals surface area (Å²) in [5.74, 6) is 1.69. The lowest BCUT2D eigenvalue weighted by atomic mass is 9.83. The van der Waals surface area contributed by atoms with Crippen LogP contribution in [0.15, 0.2) is 52.5 Å². The van der Waals surface area contributed by atoms with Crippen molar-refractivity contribution in [2.45, 2.75) is 40.2 Å². The van der Waals surface area contributed by atoms with E-state index in [1.807, 2.05) is 32.0 Å². The molecule has 2 aromatic carbocycles. The van der Waals surface area contributed by atoms with E-state index < -0.39 is 5.92 Å². The maximum atomic E-state index is 10.0. The number of aromatic nitrogens is 1. The van der Waals surface area contributed by atoms with Crippen LogP contribution in [0.2, 0.25) is 0 Å². The van der Waals surface area contributed by atoms with Crippen molar-refractivity contribution in [3.8, 4) is 23.3 Å². The first kappa shape index (κ1) is 25.9. The fourth-order valence-electron chi connectivity index (χ4n) is 4.82. The number of hydrogen-bond acceptors (Lipinski definition) is 6. The van der Waals surface area contributed by atoms with E-state index in [4.69, 9.17) is 19.9 Å². The minimum Gasteiger partial charge on any atom is -0.490 e. The molecule has 1 aliphatic heterocycles. The Balaban J connectivity index is 1.82. The van der Waals surface area contributed by atoms with Gasteiger partial charge in [0.1, 0.15) is 17.4 Å². The normalized spacial score (nSPS) is 15.1. The Morgan fingerprint density at radius 3 is 2.53 bits per heavy atom. The van der Waals surface area contributed by atoms with E-state index >= 15 is 0 Å². The summed E-state index contributed by atoms with van der Waals surface area (Å²) in [4.78, 5) is 2.40. The summed E-state index contributed by atoms with van der Waals surface area (Å²) < 4.78 is 20.8. The highest BCUT2D eigenvalue weighted by Crippen LogP contribution is 2.48. The van der Waals surface area contributed by atoms with E-state index in [1.165, 1.54) is 0 Å². The van der Waals surface area contributed by atoms with Crippen molar-refractivity contribution in [2.75, 3.05) is 32.8 Å². The zero-order chi connectivity index (χ0) is 25.8. The Morgan fingerprint density at radius 2 is 1.86 bits per heavy atom. The number of halogens is 1. The summed E-state index contributed by atoms with van der Waals surface area (Å²) in [6, 6.07) is 12.4. The van der Waals surface area contributed by atoms with Crippen LogP contribution in [-0.4, -0.2) is 42.3 Å². The van der Waals surface area contributed by atoms with Gasteiger partial charge in [-0.1, -0.05) is 19.9 Å². The standard InChI is InChI=1S/C28H33BrN4O3/c1-5-32(6-2)13-14-33-12-11-19-23(33)10-9-20-25(21(17-30)28(31)36-26(19)20)18-15-22(29)27(35-8-4)24(16-18)34-7-3/h9-12,15-16,25H,5-8,13-14,31H2,1-4H3. The van der Waals surface area contributed by atoms with Crippen LogP contribution in [0, 0.1) is 11.3 Å². The molecule has 0 fully saturated rings. The summed E-state index contributed by atoms with van der Waals surface area (Å²) in [5, 5.41) is 11.0. The zero-order valence-electron chi connectivity index (χ0n) is 21.3.